The van der Waals surface area contributed by atoms with Gasteiger partial charge in [0.2, 0.25) is 5.91 Å². The molecule has 3 aromatic carbocycles. The van der Waals surface area contributed by atoms with Gasteiger partial charge in [0.05, 0.1) is 16.6 Å². The normalized spacial score (nSPS) is 12.2. The van der Waals surface area contributed by atoms with Gasteiger partial charge in [-0.3, -0.25) is 9.10 Å². The van der Waals surface area contributed by atoms with E-state index in [4.69, 9.17) is 11.6 Å². The van der Waals surface area contributed by atoms with Gasteiger partial charge < -0.3 is 5.32 Å². The third-order valence-corrected chi connectivity index (χ3v) is 7.52. The van der Waals surface area contributed by atoms with Crippen molar-refractivity contribution >= 4 is 33.2 Å². The molecule has 5 nitrogen and oxygen atoms in total. The van der Waals surface area contributed by atoms with Crippen molar-refractivity contribution in [2.24, 2.45) is 0 Å². The van der Waals surface area contributed by atoms with E-state index in [1.165, 1.54) is 17.7 Å². The van der Waals surface area contributed by atoms with Gasteiger partial charge in [0.15, 0.2) is 0 Å². The highest BCUT2D eigenvalue weighted by Crippen LogP contribution is 2.28. The lowest BCUT2D eigenvalue weighted by atomic mass is 10.1. The average Bonchev–Trinajstić information content (AvgIpc) is 2.80. The Morgan fingerprint density at radius 1 is 1.03 bits per heavy atom. The molecule has 0 saturated carbocycles. The second-order valence-corrected chi connectivity index (χ2v) is 9.91. The summed E-state index contributed by atoms with van der Waals surface area (Å²) in [5, 5.41) is 3.34. The Morgan fingerprint density at radius 3 is 2.28 bits per heavy atom. The molecule has 0 radical (unpaired) electrons. The molecular formula is C25H27ClN2O3S. The fraction of sp³-hybridized carbons (Fsp3) is 0.240. The van der Waals surface area contributed by atoms with Gasteiger partial charge in [-0.05, 0) is 61.2 Å². The van der Waals surface area contributed by atoms with E-state index in [1.807, 2.05) is 38.1 Å². The largest absolute Gasteiger partial charge is 0.348 e. The fourth-order valence-electron chi connectivity index (χ4n) is 3.31. The Hall–Kier alpha value is -2.83. The summed E-state index contributed by atoms with van der Waals surface area (Å²) in [6.45, 7) is 5.42. The molecular weight excluding hydrogens is 444 g/mol. The molecule has 0 aliphatic rings. The van der Waals surface area contributed by atoms with Crippen LogP contribution < -0.4 is 9.62 Å². The smallest absolute Gasteiger partial charge is 0.264 e. The number of nitrogens with one attached hydrogen (secondary N) is 1. The first kappa shape index (κ1) is 23.8. The molecule has 0 aliphatic carbocycles. The summed E-state index contributed by atoms with van der Waals surface area (Å²) in [7, 11) is -3.97. The van der Waals surface area contributed by atoms with E-state index in [2.05, 4.69) is 12.2 Å². The molecule has 1 amide bonds. The van der Waals surface area contributed by atoms with Crippen LogP contribution in [0.25, 0.3) is 0 Å². The number of aryl methyl sites for hydroxylation is 2. The standard InChI is InChI=1S/C25H27ClN2O3S/c1-4-20-11-13-21(14-12-20)19(3)27-25(29)17-28(22-15-10-18(2)24(26)16-22)32(30,31)23-8-6-5-7-9-23/h5-16,19H,4,17H2,1-3H3,(H,27,29)/t19-/m0/s1. The SMILES string of the molecule is CCc1ccc([C@H](C)NC(=O)CN(c2ccc(C)c(Cl)c2)S(=O)(=O)c2ccccc2)cc1. The number of anilines is 1. The van der Waals surface area contributed by atoms with Gasteiger partial charge >= 0.3 is 0 Å². The van der Waals surface area contributed by atoms with Gasteiger partial charge in [0.1, 0.15) is 6.54 Å². The number of hydrogen-bond acceptors (Lipinski definition) is 3. The minimum atomic E-state index is -3.97. The summed E-state index contributed by atoms with van der Waals surface area (Å²) in [6.07, 6.45) is 0.937. The Kier molecular flexibility index (Phi) is 7.59. The number of carbonyl (C=O) groups is 1. The number of benzene rings is 3. The number of sulfonamides is 1. The van der Waals surface area contributed by atoms with E-state index in [9.17, 15) is 13.2 Å². The number of hydrogen-bond donors (Lipinski definition) is 1. The number of nitrogens with zero attached hydrogens (tertiary/aromatic N) is 1. The van der Waals surface area contributed by atoms with Crippen molar-refractivity contribution in [2.75, 3.05) is 10.8 Å². The molecule has 0 bridgehead atoms. The van der Waals surface area contributed by atoms with Gasteiger partial charge in [-0.1, -0.05) is 67.1 Å². The summed E-state index contributed by atoms with van der Waals surface area (Å²) in [5.41, 5.74) is 3.32. The molecule has 0 heterocycles. The number of amides is 1. The molecule has 0 unspecified atom stereocenters. The number of rotatable bonds is 8. The maximum atomic E-state index is 13.4. The van der Waals surface area contributed by atoms with E-state index >= 15 is 0 Å². The highest BCUT2D eigenvalue weighted by molar-refractivity contribution is 7.92. The molecule has 3 aromatic rings. The lowest BCUT2D eigenvalue weighted by molar-refractivity contribution is -0.120. The molecule has 168 valence electrons. The average molecular weight is 471 g/mol. The van der Waals surface area contributed by atoms with Gasteiger partial charge in [-0.15, -0.1) is 0 Å². The van der Waals surface area contributed by atoms with Crippen LogP contribution in [0.1, 0.15) is 36.6 Å². The van der Waals surface area contributed by atoms with Crippen LogP contribution in [0.3, 0.4) is 0 Å². The molecule has 1 N–H and O–H groups in total. The van der Waals surface area contributed by atoms with Crippen molar-refractivity contribution in [1.29, 1.82) is 0 Å². The molecule has 32 heavy (non-hydrogen) atoms. The van der Waals surface area contributed by atoms with Crippen LogP contribution >= 0.6 is 11.6 Å². The predicted molar refractivity (Wildman–Crippen MR) is 130 cm³/mol. The van der Waals surface area contributed by atoms with Crippen LogP contribution in [0.5, 0.6) is 0 Å². The second-order valence-electron chi connectivity index (χ2n) is 7.64. The van der Waals surface area contributed by atoms with E-state index in [0.717, 1.165) is 21.9 Å². The lowest BCUT2D eigenvalue weighted by Gasteiger charge is -2.25. The van der Waals surface area contributed by atoms with Crippen LogP contribution in [-0.2, 0) is 21.2 Å². The fourth-order valence-corrected chi connectivity index (χ4v) is 4.92. The molecule has 0 saturated heterocycles. The highest BCUT2D eigenvalue weighted by atomic mass is 35.5. The van der Waals surface area contributed by atoms with Crippen LogP contribution in [0.4, 0.5) is 5.69 Å². The van der Waals surface area contributed by atoms with Crippen molar-refractivity contribution in [3.8, 4) is 0 Å². The molecule has 0 fully saturated rings. The van der Waals surface area contributed by atoms with E-state index < -0.39 is 15.9 Å². The van der Waals surface area contributed by atoms with Crippen LogP contribution in [-0.4, -0.2) is 20.9 Å². The Labute approximate surface area is 195 Å². The summed E-state index contributed by atoms with van der Waals surface area (Å²) < 4.78 is 27.9. The highest BCUT2D eigenvalue weighted by Gasteiger charge is 2.28. The molecule has 3 rings (SSSR count). The first-order valence-corrected chi connectivity index (χ1v) is 12.3. The molecule has 7 heteroatoms. The minimum Gasteiger partial charge on any atom is -0.348 e. The maximum Gasteiger partial charge on any atom is 0.264 e. The third kappa shape index (κ3) is 5.50. The number of halogens is 1. The first-order valence-electron chi connectivity index (χ1n) is 10.4. The quantitative estimate of drug-likeness (QED) is 0.486. The van der Waals surface area contributed by atoms with E-state index in [-0.39, 0.29) is 17.5 Å². The van der Waals surface area contributed by atoms with Crippen molar-refractivity contribution in [1.82, 2.24) is 5.32 Å². The Bertz CT molecular complexity index is 1180. The van der Waals surface area contributed by atoms with Crippen LogP contribution in [0.15, 0.2) is 77.7 Å². The zero-order valence-electron chi connectivity index (χ0n) is 18.4. The first-order chi connectivity index (χ1) is 15.2. The Balaban J connectivity index is 1.88. The van der Waals surface area contributed by atoms with Crippen molar-refractivity contribution in [2.45, 2.75) is 38.1 Å². The third-order valence-electron chi connectivity index (χ3n) is 5.33. The molecule has 1 atom stereocenters. The summed E-state index contributed by atoms with van der Waals surface area (Å²) >= 11 is 6.26. The summed E-state index contributed by atoms with van der Waals surface area (Å²) in [5.74, 6) is -0.409. The summed E-state index contributed by atoms with van der Waals surface area (Å²) in [6, 6.07) is 20.7. The van der Waals surface area contributed by atoms with Crippen molar-refractivity contribution < 1.29 is 13.2 Å². The van der Waals surface area contributed by atoms with Gasteiger partial charge in [0, 0.05) is 5.02 Å². The van der Waals surface area contributed by atoms with Gasteiger partial charge in [-0.25, -0.2) is 8.42 Å². The second kappa shape index (κ2) is 10.2. The zero-order valence-corrected chi connectivity index (χ0v) is 20.0. The minimum absolute atomic E-state index is 0.104. The zero-order chi connectivity index (χ0) is 23.3. The molecule has 0 aliphatic heterocycles. The topological polar surface area (TPSA) is 66.5 Å². The van der Waals surface area contributed by atoms with Crippen molar-refractivity contribution in [3.63, 3.8) is 0 Å². The molecule has 0 spiro atoms. The van der Waals surface area contributed by atoms with Gasteiger partial charge in [0.25, 0.3) is 10.0 Å². The number of carbonyl (C=O) groups excluding carboxylic acids is 1. The van der Waals surface area contributed by atoms with Crippen LogP contribution in [0.2, 0.25) is 5.02 Å². The summed E-state index contributed by atoms with van der Waals surface area (Å²) in [4.78, 5) is 13.0. The Morgan fingerprint density at radius 2 is 1.69 bits per heavy atom. The predicted octanol–water partition coefficient (Wildman–Crippen LogP) is 5.28. The van der Waals surface area contributed by atoms with E-state index in [1.54, 1.807) is 36.4 Å². The molecule has 0 aromatic heterocycles. The maximum absolute atomic E-state index is 13.4. The monoisotopic (exact) mass is 470 g/mol. The van der Waals surface area contributed by atoms with Crippen LogP contribution in [0, 0.1) is 6.92 Å². The van der Waals surface area contributed by atoms with E-state index in [0.29, 0.717) is 10.7 Å². The van der Waals surface area contributed by atoms with Crippen molar-refractivity contribution in [3.05, 3.63) is 94.5 Å². The van der Waals surface area contributed by atoms with Gasteiger partial charge in [-0.2, -0.15) is 0 Å². The lowest BCUT2D eigenvalue weighted by Crippen LogP contribution is -2.41.